The van der Waals surface area contributed by atoms with Gasteiger partial charge in [-0.3, -0.25) is 4.79 Å². The predicted octanol–water partition coefficient (Wildman–Crippen LogP) is 0.211. The molecule has 5 heteroatoms. The van der Waals surface area contributed by atoms with Crippen molar-refractivity contribution in [2.24, 2.45) is 0 Å². The van der Waals surface area contributed by atoms with E-state index in [1.807, 2.05) is 0 Å². The van der Waals surface area contributed by atoms with E-state index in [4.69, 9.17) is 14.9 Å². The Balaban J connectivity index is 2.93. The quantitative estimate of drug-likeness (QED) is 0.711. The van der Waals surface area contributed by atoms with Crippen molar-refractivity contribution >= 4 is 5.97 Å². The molecule has 0 saturated carbocycles. The first-order chi connectivity index (χ1) is 6.69. The van der Waals surface area contributed by atoms with E-state index < -0.39 is 5.97 Å². The highest BCUT2D eigenvalue weighted by molar-refractivity contribution is 5.66. The maximum absolute atomic E-state index is 10.5. The van der Waals surface area contributed by atoms with Gasteiger partial charge in [0.25, 0.3) is 0 Å². The summed E-state index contributed by atoms with van der Waals surface area (Å²) in [5.74, 6) is -0.937. The van der Waals surface area contributed by atoms with Gasteiger partial charge in [-0.15, -0.1) is 0 Å². The number of aromatic nitrogens is 1. The Kier molecular flexibility index (Phi) is 3.67. The average Bonchev–Trinajstić information content (AvgIpc) is 2.48. The van der Waals surface area contributed by atoms with Gasteiger partial charge in [-0.05, 0) is 12.1 Å². The second kappa shape index (κ2) is 4.78. The van der Waals surface area contributed by atoms with Crippen LogP contribution in [0.3, 0.4) is 0 Å². The van der Waals surface area contributed by atoms with Gasteiger partial charge in [0.05, 0.1) is 13.2 Å². The summed E-state index contributed by atoms with van der Waals surface area (Å²) in [7, 11) is 1.54. The van der Waals surface area contributed by atoms with E-state index in [2.05, 4.69) is 0 Å². The van der Waals surface area contributed by atoms with Crippen molar-refractivity contribution in [1.29, 1.82) is 0 Å². The number of carboxylic acid groups (broad SMARTS) is 1. The summed E-state index contributed by atoms with van der Waals surface area (Å²) >= 11 is 0. The largest absolute Gasteiger partial charge is 0.480 e. The molecule has 5 nitrogen and oxygen atoms in total. The van der Waals surface area contributed by atoms with Gasteiger partial charge >= 0.3 is 5.97 Å². The van der Waals surface area contributed by atoms with Crippen LogP contribution in [0, 0.1) is 0 Å². The van der Waals surface area contributed by atoms with Crippen LogP contribution in [0.25, 0.3) is 0 Å². The van der Waals surface area contributed by atoms with E-state index in [1.165, 1.54) is 11.7 Å². The normalized spacial score (nSPS) is 10.4. The highest BCUT2D eigenvalue weighted by atomic mass is 16.5. The minimum atomic E-state index is -0.937. The number of nitrogens with zero attached hydrogens (tertiary/aromatic N) is 1. The number of ether oxygens (including phenoxy) is 1. The standard InChI is InChI=1S/C9H13NO4/c1-14-6-8-3-2-7(5-11)10(8)4-9(12)13/h2-3,11H,4-6H2,1H3,(H,12,13). The van der Waals surface area contributed by atoms with Crippen LogP contribution >= 0.6 is 0 Å². The van der Waals surface area contributed by atoms with Crippen LogP contribution in [0.1, 0.15) is 11.4 Å². The molecule has 78 valence electrons. The number of aliphatic carboxylic acids is 1. The van der Waals surface area contributed by atoms with Gasteiger partial charge in [-0.25, -0.2) is 0 Å². The smallest absolute Gasteiger partial charge is 0.323 e. The van der Waals surface area contributed by atoms with Gasteiger partial charge < -0.3 is 19.5 Å². The van der Waals surface area contributed by atoms with Crippen LogP contribution in [0.15, 0.2) is 12.1 Å². The Labute approximate surface area is 81.5 Å². The molecule has 1 heterocycles. The molecule has 1 aromatic heterocycles. The predicted molar refractivity (Wildman–Crippen MR) is 48.7 cm³/mol. The Hall–Kier alpha value is -1.33. The molecule has 14 heavy (non-hydrogen) atoms. The number of hydrogen-bond acceptors (Lipinski definition) is 3. The number of aliphatic hydroxyl groups is 1. The van der Waals surface area contributed by atoms with Crippen LogP contribution < -0.4 is 0 Å². The lowest BCUT2D eigenvalue weighted by Gasteiger charge is -2.08. The molecule has 0 fully saturated rings. The fraction of sp³-hybridized carbons (Fsp3) is 0.444. The second-order valence-corrected chi connectivity index (χ2v) is 2.89. The monoisotopic (exact) mass is 199 g/mol. The number of carbonyl (C=O) groups is 1. The lowest BCUT2D eigenvalue weighted by molar-refractivity contribution is -0.137. The minimum Gasteiger partial charge on any atom is -0.480 e. The van der Waals surface area contributed by atoms with Crippen molar-refractivity contribution < 1.29 is 19.7 Å². The SMILES string of the molecule is COCc1ccc(CO)n1CC(=O)O. The summed E-state index contributed by atoms with van der Waals surface area (Å²) < 4.78 is 6.45. The number of methoxy groups -OCH3 is 1. The second-order valence-electron chi connectivity index (χ2n) is 2.89. The van der Waals surface area contributed by atoms with Gasteiger partial charge in [0.15, 0.2) is 0 Å². The van der Waals surface area contributed by atoms with Crippen LogP contribution in [-0.2, 0) is 29.3 Å². The third-order valence-electron chi connectivity index (χ3n) is 1.91. The third kappa shape index (κ3) is 2.34. The van der Waals surface area contributed by atoms with E-state index in [-0.39, 0.29) is 13.2 Å². The van der Waals surface area contributed by atoms with E-state index in [1.54, 1.807) is 12.1 Å². The molecule has 0 aromatic carbocycles. The molecule has 0 aliphatic heterocycles. The zero-order valence-corrected chi connectivity index (χ0v) is 7.93. The topological polar surface area (TPSA) is 71.7 Å². The summed E-state index contributed by atoms with van der Waals surface area (Å²) in [4.78, 5) is 10.5. The molecule has 0 saturated heterocycles. The molecule has 0 radical (unpaired) electrons. The van der Waals surface area contributed by atoms with Crippen molar-refractivity contribution in [1.82, 2.24) is 4.57 Å². The highest BCUT2D eigenvalue weighted by Gasteiger charge is 2.09. The van der Waals surface area contributed by atoms with Gasteiger partial charge in [-0.2, -0.15) is 0 Å². The summed E-state index contributed by atoms with van der Waals surface area (Å²) in [6, 6.07) is 3.44. The van der Waals surface area contributed by atoms with Gasteiger partial charge in [0, 0.05) is 18.5 Å². The number of rotatable bonds is 5. The Bertz CT molecular complexity index is 319. The first-order valence-corrected chi connectivity index (χ1v) is 4.18. The highest BCUT2D eigenvalue weighted by Crippen LogP contribution is 2.10. The molecule has 0 bridgehead atoms. The average molecular weight is 199 g/mol. The van der Waals surface area contributed by atoms with Gasteiger partial charge in [-0.1, -0.05) is 0 Å². The van der Waals surface area contributed by atoms with Gasteiger partial charge in [0.2, 0.25) is 0 Å². The minimum absolute atomic E-state index is 0.151. The Morgan fingerprint density at radius 3 is 2.64 bits per heavy atom. The zero-order chi connectivity index (χ0) is 10.6. The van der Waals surface area contributed by atoms with Crippen LogP contribution in [0.2, 0.25) is 0 Å². The van der Waals surface area contributed by atoms with Crippen LogP contribution in [0.5, 0.6) is 0 Å². The van der Waals surface area contributed by atoms with Crippen molar-refractivity contribution in [3.05, 3.63) is 23.5 Å². The number of aliphatic hydroxyl groups excluding tert-OH is 1. The summed E-state index contributed by atoms with van der Waals surface area (Å²) in [6.45, 7) is 0.0197. The molecule has 0 spiro atoms. The summed E-state index contributed by atoms with van der Waals surface area (Å²) in [5, 5.41) is 17.6. The zero-order valence-electron chi connectivity index (χ0n) is 7.93. The molecular formula is C9H13NO4. The molecule has 0 atom stereocenters. The Morgan fingerprint density at radius 2 is 2.14 bits per heavy atom. The Morgan fingerprint density at radius 1 is 1.50 bits per heavy atom. The molecule has 0 aliphatic rings. The van der Waals surface area contributed by atoms with Crippen molar-refractivity contribution in [3.8, 4) is 0 Å². The molecule has 0 unspecified atom stereocenters. The summed E-state index contributed by atoms with van der Waals surface area (Å²) in [5.41, 5.74) is 1.33. The summed E-state index contributed by atoms with van der Waals surface area (Å²) in [6.07, 6.45) is 0. The fourth-order valence-corrected chi connectivity index (χ4v) is 1.31. The maximum atomic E-state index is 10.5. The fourth-order valence-electron chi connectivity index (χ4n) is 1.31. The lowest BCUT2D eigenvalue weighted by Crippen LogP contribution is -2.14. The van der Waals surface area contributed by atoms with E-state index in [0.717, 1.165) is 5.69 Å². The van der Waals surface area contributed by atoms with Crippen LogP contribution in [-0.4, -0.2) is 27.9 Å². The molecule has 0 aliphatic carbocycles. The number of hydrogen-bond donors (Lipinski definition) is 2. The first kappa shape index (κ1) is 10.7. The van der Waals surface area contributed by atoms with Gasteiger partial charge in [0.1, 0.15) is 6.54 Å². The van der Waals surface area contributed by atoms with E-state index in [9.17, 15) is 4.79 Å². The lowest BCUT2D eigenvalue weighted by atomic mass is 10.4. The maximum Gasteiger partial charge on any atom is 0.323 e. The van der Waals surface area contributed by atoms with Crippen LogP contribution in [0.4, 0.5) is 0 Å². The molecule has 2 N–H and O–H groups in total. The van der Waals surface area contributed by atoms with Crippen molar-refractivity contribution in [2.45, 2.75) is 19.8 Å². The molecule has 1 aromatic rings. The molecule has 0 amide bonds. The van der Waals surface area contributed by atoms with E-state index >= 15 is 0 Å². The molecule has 1 rings (SSSR count). The third-order valence-corrected chi connectivity index (χ3v) is 1.91. The first-order valence-electron chi connectivity index (χ1n) is 4.18. The number of carboxylic acids is 1. The van der Waals surface area contributed by atoms with E-state index in [0.29, 0.717) is 12.3 Å². The van der Waals surface area contributed by atoms with Crippen molar-refractivity contribution in [2.75, 3.05) is 7.11 Å². The van der Waals surface area contributed by atoms with Crippen molar-refractivity contribution in [3.63, 3.8) is 0 Å². The molecular weight excluding hydrogens is 186 g/mol.